The summed E-state index contributed by atoms with van der Waals surface area (Å²) in [6, 6.07) is 19.8. The predicted molar refractivity (Wildman–Crippen MR) is 144 cm³/mol. The standard InChI is InChI=1S/C30H27N3O6/c1-16-12-31-28(37-16)20-8-9-21-22(29-32-25-27(36)26(35)24(15-34)38-30(25)39-29)14-33(23(21)11-20)13-17-6-7-18-4-2-3-5-19(18)10-17/h2-12,14,24-27,30,34-36H,13,15H2,1H3/t24-,25-,26-,27-,30-/m1/s1. The lowest BCUT2D eigenvalue weighted by atomic mass is 9.98. The van der Waals surface area contributed by atoms with Crippen molar-refractivity contribution in [2.45, 2.75) is 44.1 Å². The van der Waals surface area contributed by atoms with Crippen LogP contribution >= 0.6 is 0 Å². The van der Waals surface area contributed by atoms with E-state index in [9.17, 15) is 15.3 Å². The molecule has 4 heterocycles. The Morgan fingerprint density at radius 1 is 0.974 bits per heavy atom. The second kappa shape index (κ2) is 9.32. The molecule has 5 aromatic rings. The number of aliphatic hydroxyl groups is 3. The molecule has 0 saturated carbocycles. The van der Waals surface area contributed by atoms with Crippen molar-refractivity contribution in [1.82, 2.24) is 9.55 Å². The van der Waals surface area contributed by atoms with Crippen LogP contribution < -0.4 is 0 Å². The zero-order chi connectivity index (χ0) is 26.7. The van der Waals surface area contributed by atoms with Gasteiger partial charge in [-0.1, -0.05) is 42.5 Å². The molecule has 0 aliphatic carbocycles. The number of oxazole rings is 1. The van der Waals surface area contributed by atoms with Gasteiger partial charge in [0.1, 0.15) is 30.1 Å². The summed E-state index contributed by atoms with van der Waals surface area (Å²) in [5.74, 6) is 1.59. The van der Waals surface area contributed by atoms with Gasteiger partial charge in [0.15, 0.2) is 0 Å². The number of aromatic nitrogens is 2. The highest BCUT2D eigenvalue weighted by atomic mass is 16.7. The summed E-state index contributed by atoms with van der Waals surface area (Å²) >= 11 is 0. The van der Waals surface area contributed by atoms with Crippen LogP contribution in [0.25, 0.3) is 33.1 Å². The fraction of sp³-hybridized carbons (Fsp3) is 0.267. The summed E-state index contributed by atoms with van der Waals surface area (Å²) in [5.41, 5.74) is 3.64. The molecule has 0 bridgehead atoms. The van der Waals surface area contributed by atoms with Gasteiger partial charge in [0.25, 0.3) is 0 Å². The molecule has 198 valence electrons. The molecule has 0 amide bonds. The van der Waals surface area contributed by atoms with E-state index in [0.29, 0.717) is 18.3 Å². The summed E-state index contributed by atoms with van der Waals surface area (Å²) in [7, 11) is 0. The number of hydrogen-bond donors (Lipinski definition) is 3. The van der Waals surface area contributed by atoms with Gasteiger partial charge in [-0.3, -0.25) is 0 Å². The molecule has 9 nitrogen and oxygen atoms in total. The zero-order valence-electron chi connectivity index (χ0n) is 21.1. The third kappa shape index (κ3) is 4.11. The maximum Gasteiger partial charge on any atom is 0.227 e. The molecular formula is C30H27N3O6. The highest BCUT2D eigenvalue weighted by molar-refractivity contribution is 6.08. The van der Waals surface area contributed by atoms with Crippen molar-refractivity contribution in [3.63, 3.8) is 0 Å². The Kier molecular flexibility index (Phi) is 5.75. The second-order valence-electron chi connectivity index (χ2n) is 10.1. The molecule has 9 heteroatoms. The number of nitrogens with zero attached hydrogens (tertiary/aromatic N) is 3. The molecule has 5 atom stereocenters. The molecule has 7 rings (SSSR count). The number of ether oxygens (including phenoxy) is 2. The Morgan fingerprint density at radius 2 is 1.82 bits per heavy atom. The van der Waals surface area contributed by atoms with E-state index in [4.69, 9.17) is 13.9 Å². The molecule has 1 fully saturated rings. The van der Waals surface area contributed by atoms with Crippen LogP contribution in [0.2, 0.25) is 0 Å². The van der Waals surface area contributed by atoms with E-state index in [-0.39, 0.29) is 0 Å². The lowest BCUT2D eigenvalue weighted by Crippen LogP contribution is -2.56. The lowest BCUT2D eigenvalue weighted by molar-refractivity contribution is -0.234. The van der Waals surface area contributed by atoms with E-state index >= 15 is 0 Å². The largest absolute Gasteiger partial charge is 0.445 e. The molecule has 1 saturated heterocycles. The van der Waals surface area contributed by atoms with E-state index in [1.165, 1.54) is 10.8 Å². The molecule has 0 unspecified atom stereocenters. The van der Waals surface area contributed by atoms with Gasteiger partial charge in [0.2, 0.25) is 18.1 Å². The smallest absolute Gasteiger partial charge is 0.227 e. The Bertz CT molecular complexity index is 1720. The minimum atomic E-state index is -1.26. The van der Waals surface area contributed by atoms with Crippen LogP contribution in [0, 0.1) is 6.92 Å². The molecule has 2 aliphatic heterocycles. The first-order valence-corrected chi connectivity index (χ1v) is 12.9. The summed E-state index contributed by atoms with van der Waals surface area (Å²) in [6.45, 7) is 2.02. The normalized spacial score (nSPS) is 24.6. The number of aliphatic imine (C=N–C) groups is 1. The highest BCUT2D eigenvalue weighted by Gasteiger charge is 2.49. The first kappa shape index (κ1) is 24.1. The van der Waals surface area contributed by atoms with Crippen molar-refractivity contribution >= 4 is 27.6 Å². The molecule has 3 aromatic carbocycles. The third-order valence-corrected chi connectivity index (χ3v) is 7.49. The van der Waals surface area contributed by atoms with Gasteiger partial charge >= 0.3 is 0 Å². The van der Waals surface area contributed by atoms with Crippen molar-refractivity contribution in [3.05, 3.63) is 89.9 Å². The van der Waals surface area contributed by atoms with Gasteiger partial charge in [-0.2, -0.15) is 0 Å². The van der Waals surface area contributed by atoms with Crippen LogP contribution in [0.4, 0.5) is 0 Å². The Morgan fingerprint density at radius 3 is 2.62 bits per heavy atom. The molecule has 2 aromatic heterocycles. The first-order valence-electron chi connectivity index (χ1n) is 12.9. The Labute approximate surface area is 223 Å². The Balaban J connectivity index is 1.32. The first-order chi connectivity index (χ1) is 19.0. The van der Waals surface area contributed by atoms with Crippen LogP contribution in [0.5, 0.6) is 0 Å². The minimum absolute atomic E-state index is 0.316. The molecule has 3 N–H and O–H groups in total. The van der Waals surface area contributed by atoms with Crippen molar-refractivity contribution in [1.29, 1.82) is 0 Å². The fourth-order valence-electron chi connectivity index (χ4n) is 5.46. The predicted octanol–water partition coefficient (Wildman–Crippen LogP) is 3.39. The van der Waals surface area contributed by atoms with Crippen LogP contribution in [-0.2, 0) is 16.0 Å². The fourth-order valence-corrected chi connectivity index (χ4v) is 5.46. The van der Waals surface area contributed by atoms with Crippen molar-refractivity contribution in [2.75, 3.05) is 6.61 Å². The highest BCUT2D eigenvalue weighted by Crippen LogP contribution is 2.34. The monoisotopic (exact) mass is 525 g/mol. The molecule has 0 spiro atoms. The van der Waals surface area contributed by atoms with Gasteiger partial charge in [-0.25, -0.2) is 9.98 Å². The number of fused-ring (bicyclic) bond motifs is 3. The van der Waals surface area contributed by atoms with Gasteiger partial charge < -0.3 is 33.8 Å². The van der Waals surface area contributed by atoms with E-state index in [2.05, 4.69) is 44.9 Å². The van der Waals surface area contributed by atoms with Gasteiger partial charge in [0.05, 0.1) is 18.4 Å². The number of rotatable bonds is 5. The van der Waals surface area contributed by atoms with Crippen LogP contribution in [0.1, 0.15) is 16.9 Å². The maximum atomic E-state index is 10.6. The third-order valence-electron chi connectivity index (χ3n) is 7.49. The van der Waals surface area contributed by atoms with Gasteiger partial charge in [0, 0.05) is 29.2 Å². The summed E-state index contributed by atoms with van der Waals surface area (Å²) in [4.78, 5) is 9.00. The van der Waals surface area contributed by atoms with E-state index in [1.807, 2.05) is 43.5 Å². The van der Waals surface area contributed by atoms with Crippen LogP contribution in [0.15, 0.2) is 82.5 Å². The SMILES string of the molecule is Cc1cnc(-c2ccc3c(C4=N[C@H]5[C@@H](O4)O[C@H](CO)[C@@H](O)[C@@H]5O)cn(Cc4ccc5ccccc5c4)c3c2)o1. The van der Waals surface area contributed by atoms with Gasteiger partial charge in [-0.15, -0.1) is 0 Å². The van der Waals surface area contributed by atoms with Crippen molar-refractivity contribution in [2.24, 2.45) is 4.99 Å². The number of hydrogen-bond acceptors (Lipinski definition) is 8. The second-order valence-corrected chi connectivity index (χ2v) is 10.1. The lowest BCUT2D eigenvalue weighted by Gasteiger charge is -2.36. The number of aliphatic hydroxyl groups excluding tert-OH is 3. The summed E-state index contributed by atoms with van der Waals surface area (Å²) < 4.78 is 19.7. The number of benzene rings is 3. The van der Waals surface area contributed by atoms with Crippen LogP contribution in [0.3, 0.4) is 0 Å². The average molecular weight is 526 g/mol. The van der Waals surface area contributed by atoms with Crippen molar-refractivity contribution in [3.8, 4) is 11.5 Å². The quantitative estimate of drug-likeness (QED) is 0.322. The van der Waals surface area contributed by atoms with Gasteiger partial charge in [-0.05, 0) is 41.5 Å². The molecular weight excluding hydrogens is 498 g/mol. The zero-order valence-corrected chi connectivity index (χ0v) is 21.1. The van der Waals surface area contributed by atoms with E-state index in [1.54, 1.807) is 6.20 Å². The van der Waals surface area contributed by atoms with E-state index in [0.717, 1.165) is 33.4 Å². The molecule has 0 radical (unpaired) electrons. The topological polar surface area (TPSA) is 122 Å². The van der Waals surface area contributed by atoms with E-state index < -0.39 is 37.3 Å². The summed E-state index contributed by atoms with van der Waals surface area (Å²) in [6.07, 6.45) is -0.650. The number of aryl methyl sites for hydroxylation is 1. The van der Waals surface area contributed by atoms with Crippen molar-refractivity contribution < 1.29 is 29.2 Å². The molecule has 39 heavy (non-hydrogen) atoms. The maximum absolute atomic E-state index is 10.6. The minimum Gasteiger partial charge on any atom is -0.445 e. The molecule has 2 aliphatic rings. The average Bonchev–Trinajstić information content (AvgIpc) is 3.67. The summed E-state index contributed by atoms with van der Waals surface area (Å²) in [5, 5.41) is 33.7. The Hall–Kier alpha value is -4.02. The van der Waals surface area contributed by atoms with Crippen LogP contribution in [-0.4, -0.2) is 68.0 Å².